The van der Waals surface area contributed by atoms with Crippen LogP contribution < -0.4 is 9.62 Å². The highest BCUT2D eigenvalue weighted by Crippen LogP contribution is 2.33. The number of hydrogen-bond donors (Lipinski definition) is 1. The molecule has 0 saturated carbocycles. The Kier molecular flexibility index (Phi) is 6.86. The Morgan fingerprint density at radius 1 is 1.07 bits per heavy atom. The lowest BCUT2D eigenvalue weighted by atomic mass is 9.98. The smallest absolute Gasteiger partial charge is 0.324 e. The Bertz CT molecular complexity index is 1030. The Morgan fingerprint density at radius 2 is 1.67 bits per heavy atom. The van der Waals surface area contributed by atoms with Crippen molar-refractivity contribution in [1.29, 1.82) is 0 Å². The molecule has 0 unspecified atom stereocenters. The van der Waals surface area contributed by atoms with Gasteiger partial charge in [0.15, 0.2) is 0 Å². The summed E-state index contributed by atoms with van der Waals surface area (Å²) in [6.45, 7) is 7.07. The maximum Gasteiger partial charge on any atom is 0.416 e. The van der Waals surface area contributed by atoms with Crippen LogP contribution in [-0.4, -0.2) is 26.6 Å². The molecular weight excluding hydrogens is 417 g/mol. The molecule has 164 valence electrons. The number of carbonyl (C=O) groups excluding carboxylic acids is 1. The quantitative estimate of drug-likeness (QED) is 0.690. The lowest BCUT2D eigenvalue weighted by Gasteiger charge is -2.29. The average Bonchev–Trinajstić information content (AvgIpc) is 2.61. The van der Waals surface area contributed by atoms with Gasteiger partial charge in [0, 0.05) is 5.69 Å². The van der Waals surface area contributed by atoms with E-state index in [2.05, 4.69) is 5.32 Å². The fourth-order valence-corrected chi connectivity index (χ4v) is 4.36. The van der Waals surface area contributed by atoms with Gasteiger partial charge in [0.1, 0.15) is 6.04 Å². The van der Waals surface area contributed by atoms with E-state index in [1.165, 1.54) is 13.0 Å². The molecule has 0 aliphatic heterocycles. The molecule has 1 N–H and O–H groups in total. The lowest BCUT2D eigenvalue weighted by molar-refractivity contribution is -0.137. The van der Waals surface area contributed by atoms with Crippen LogP contribution in [0.2, 0.25) is 0 Å². The third-order valence-electron chi connectivity index (χ3n) is 4.69. The van der Waals surface area contributed by atoms with Crippen LogP contribution in [0.4, 0.5) is 24.5 Å². The fraction of sp³-hybridized carbons (Fsp3) is 0.381. The molecule has 0 radical (unpaired) electrons. The largest absolute Gasteiger partial charge is 0.416 e. The van der Waals surface area contributed by atoms with Crippen molar-refractivity contribution in [3.63, 3.8) is 0 Å². The summed E-state index contributed by atoms with van der Waals surface area (Å²) >= 11 is 0. The fourth-order valence-electron chi connectivity index (χ4n) is 3.20. The van der Waals surface area contributed by atoms with Gasteiger partial charge in [-0.2, -0.15) is 13.2 Å². The number of amides is 1. The second-order valence-electron chi connectivity index (χ2n) is 7.47. The molecule has 0 heterocycles. The summed E-state index contributed by atoms with van der Waals surface area (Å²) in [6, 6.07) is 8.16. The van der Waals surface area contributed by atoms with Gasteiger partial charge in [-0.25, -0.2) is 8.42 Å². The summed E-state index contributed by atoms with van der Waals surface area (Å²) in [7, 11) is -4.05. The molecule has 2 aromatic carbocycles. The maximum absolute atomic E-state index is 13.1. The van der Waals surface area contributed by atoms with E-state index < -0.39 is 33.7 Å². The van der Waals surface area contributed by atoms with Gasteiger partial charge in [-0.3, -0.25) is 9.10 Å². The molecule has 30 heavy (non-hydrogen) atoms. The number of sulfonamides is 1. The van der Waals surface area contributed by atoms with Crippen LogP contribution in [0.3, 0.4) is 0 Å². The molecule has 0 spiro atoms. The minimum atomic E-state index is -4.64. The first kappa shape index (κ1) is 23.7. The van der Waals surface area contributed by atoms with Crippen molar-refractivity contribution < 1.29 is 26.4 Å². The minimum absolute atomic E-state index is 0.102. The van der Waals surface area contributed by atoms with Gasteiger partial charge in [-0.1, -0.05) is 38.1 Å². The molecule has 0 saturated heterocycles. The second kappa shape index (κ2) is 8.67. The number of alkyl halides is 3. The summed E-state index contributed by atoms with van der Waals surface area (Å²) in [5.41, 5.74) is 1.01. The number of benzene rings is 2. The third kappa shape index (κ3) is 5.33. The Labute approximate surface area is 175 Å². The van der Waals surface area contributed by atoms with Crippen LogP contribution >= 0.6 is 0 Å². The number of halogens is 3. The van der Waals surface area contributed by atoms with Crippen molar-refractivity contribution in [3.05, 3.63) is 59.2 Å². The van der Waals surface area contributed by atoms with E-state index in [0.29, 0.717) is 9.99 Å². The normalized spacial score (nSPS) is 13.2. The molecule has 1 atom stereocenters. The summed E-state index contributed by atoms with van der Waals surface area (Å²) in [5.74, 6) is -0.543. The SMILES string of the molecule is Cc1cccc(C(C)C)c1NC(=O)[C@@H](C)N(c1cccc(C(F)(F)F)c1)S(C)(=O)=O. The highest BCUT2D eigenvalue weighted by Gasteiger charge is 2.34. The number of nitrogens with one attached hydrogen (secondary N) is 1. The van der Waals surface area contributed by atoms with E-state index >= 15 is 0 Å². The van der Waals surface area contributed by atoms with E-state index in [9.17, 15) is 26.4 Å². The monoisotopic (exact) mass is 442 g/mol. The van der Waals surface area contributed by atoms with Gasteiger partial charge in [-0.05, 0) is 49.1 Å². The zero-order chi connectivity index (χ0) is 22.9. The van der Waals surface area contributed by atoms with Crippen LogP contribution in [0.25, 0.3) is 0 Å². The van der Waals surface area contributed by atoms with E-state index in [-0.39, 0.29) is 11.6 Å². The van der Waals surface area contributed by atoms with Gasteiger partial charge < -0.3 is 5.32 Å². The number of nitrogens with zero attached hydrogens (tertiary/aromatic N) is 1. The minimum Gasteiger partial charge on any atom is -0.324 e. The van der Waals surface area contributed by atoms with Gasteiger partial charge >= 0.3 is 6.18 Å². The van der Waals surface area contributed by atoms with Crippen molar-refractivity contribution >= 4 is 27.3 Å². The third-order valence-corrected chi connectivity index (χ3v) is 5.93. The van der Waals surface area contributed by atoms with Crippen molar-refractivity contribution in [3.8, 4) is 0 Å². The number of para-hydroxylation sites is 1. The molecule has 0 aromatic heterocycles. The summed E-state index contributed by atoms with van der Waals surface area (Å²) < 4.78 is 64.8. The first-order valence-electron chi connectivity index (χ1n) is 9.30. The molecule has 9 heteroatoms. The highest BCUT2D eigenvalue weighted by molar-refractivity contribution is 7.92. The molecule has 0 aliphatic carbocycles. The number of anilines is 2. The standard InChI is InChI=1S/C21H25F3N2O3S/c1-13(2)18-11-6-8-14(3)19(18)25-20(27)15(4)26(30(5,28)29)17-10-7-9-16(12-17)21(22,23)24/h6-13,15H,1-5H3,(H,25,27)/t15-/m1/s1. The van der Waals surface area contributed by atoms with Crippen LogP contribution in [0, 0.1) is 6.92 Å². The van der Waals surface area contributed by atoms with Crippen molar-refractivity contribution in [2.45, 2.75) is 45.8 Å². The van der Waals surface area contributed by atoms with Crippen molar-refractivity contribution in [2.24, 2.45) is 0 Å². The summed E-state index contributed by atoms with van der Waals surface area (Å²) in [6.07, 6.45) is -3.79. The number of hydrogen-bond acceptors (Lipinski definition) is 3. The van der Waals surface area contributed by atoms with Crippen molar-refractivity contribution in [2.75, 3.05) is 15.9 Å². The second-order valence-corrected chi connectivity index (χ2v) is 9.33. The van der Waals surface area contributed by atoms with Crippen LogP contribution in [0.15, 0.2) is 42.5 Å². The van der Waals surface area contributed by atoms with E-state index in [1.54, 1.807) is 0 Å². The van der Waals surface area contributed by atoms with Crippen molar-refractivity contribution in [1.82, 2.24) is 0 Å². The predicted molar refractivity (Wildman–Crippen MR) is 112 cm³/mol. The molecule has 2 rings (SSSR count). The number of carbonyl (C=O) groups is 1. The Balaban J connectivity index is 2.45. The van der Waals surface area contributed by atoms with Crippen LogP contribution in [-0.2, 0) is 21.0 Å². The predicted octanol–water partition coefficient (Wildman–Crippen LogP) is 4.93. The zero-order valence-corrected chi connectivity index (χ0v) is 18.2. The molecule has 2 aromatic rings. The van der Waals surface area contributed by atoms with Crippen LogP contribution in [0.1, 0.15) is 43.4 Å². The first-order chi connectivity index (χ1) is 13.7. The molecule has 0 bridgehead atoms. The van der Waals surface area contributed by atoms with E-state index in [0.717, 1.165) is 35.6 Å². The topological polar surface area (TPSA) is 66.5 Å². The lowest BCUT2D eigenvalue weighted by Crippen LogP contribution is -2.45. The molecule has 0 aliphatic rings. The maximum atomic E-state index is 13.1. The molecule has 0 fully saturated rings. The van der Waals surface area contributed by atoms with E-state index in [4.69, 9.17) is 0 Å². The molecular formula is C21H25F3N2O3S. The molecule has 5 nitrogen and oxygen atoms in total. The van der Waals surface area contributed by atoms with Gasteiger partial charge in [0.25, 0.3) is 0 Å². The zero-order valence-electron chi connectivity index (χ0n) is 17.4. The van der Waals surface area contributed by atoms with Crippen LogP contribution in [0.5, 0.6) is 0 Å². The Morgan fingerprint density at radius 3 is 2.20 bits per heavy atom. The highest BCUT2D eigenvalue weighted by atomic mass is 32.2. The Hall–Kier alpha value is -2.55. The number of aryl methyl sites for hydroxylation is 1. The van der Waals surface area contributed by atoms with Gasteiger partial charge in [-0.15, -0.1) is 0 Å². The number of rotatable bonds is 6. The average molecular weight is 443 g/mol. The van der Waals surface area contributed by atoms with Gasteiger partial charge in [0.2, 0.25) is 15.9 Å². The molecule has 1 amide bonds. The summed E-state index contributed by atoms with van der Waals surface area (Å²) in [5, 5.41) is 2.76. The summed E-state index contributed by atoms with van der Waals surface area (Å²) in [4.78, 5) is 12.9. The first-order valence-corrected chi connectivity index (χ1v) is 11.2. The van der Waals surface area contributed by atoms with E-state index in [1.807, 2.05) is 39.0 Å². The van der Waals surface area contributed by atoms with Gasteiger partial charge in [0.05, 0.1) is 17.5 Å².